The third-order valence-electron chi connectivity index (χ3n) is 4.88. The molecule has 0 spiro atoms. The van der Waals surface area contributed by atoms with Gasteiger partial charge >= 0.3 is 0 Å². The molecule has 0 amide bonds. The molecule has 0 aliphatic carbocycles. The molecule has 2 nitrogen and oxygen atoms in total. The molecule has 5 heteroatoms. The average Bonchev–Trinajstić information content (AvgIpc) is 2.86. The van der Waals surface area contributed by atoms with Gasteiger partial charge < -0.3 is 9.97 Å². The largest absolute Gasteiger partial charge is 0.305 e. The maximum absolute atomic E-state index is 13.3. The molecule has 0 atom stereocenters. The smallest absolute Gasteiger partial charge is 0.0408 e. The summed E-state index contributed by atoms with van der Waals surface area (Å²) in [5, 5.41) is 0. The monoisotopic (exact) mass is 627 g/mol. The summed E-state index contributed by atoms with van der Waals surface area (Å²) in [5.74, 6) is -1.28. The van der Waals surface area contributed by atoms with Crippen LogP contribution in [0.25, 0.3) is 33.6 Å². The zero-order valence-corrected chi connectivity index (χ0v) is 20.7. The Hall–Kier alpha value is -3.53. The molecule has 2 heterocycles. The maximum atomic E-state index is 13.3. The number of halogens is 2. The summed E-state index contributed by atoms with van der Waals surface area (Å²) in [7, 11) is 0. The summed E-state index contributed by atoms with van der Waals surface area (Å²) in [4.78, 5) is 8.45. The molecule has 34 heavy (non-hydrogen) atoms. The summed E-state index contributed by atoms with van der Waals surface area (Å²) in [6, 6.07) is 33.5. The van der Waals surface area contributed by atoms with Crippen LogP contribution in [0.4, 0.5) is 8.78 Å². The molecule has 0 saturated heterocycles. The van der Waals surface area contributed by atoms with Crippen molar-refractivity contribution in [3.8, 4) is 33.6 Å². The zero-order valence-electron chi connectivity index (χ0n) is 18.3. The predicted molar refractivity (Wildman–Crippen MR) is 127 cm³/mol. The first-order chi connectivity index (χ1) is 16.1. The minimum absolute atomic E-state index is 0. The summed E-state index contributed by atoms with van der Waals surface area (Å²) < 4.78 is 26.0. The summed E-state index contributed by atoms with van der Waals surface area (Å²) >= 11 is 0. The first-order valence-electron chi connectivity index (χ1n) is 10.4. The molecule has 5 aromatic rings. The van der Waals surface area contributed by atoms with Gasteiger partial charge in [-0.15, -0.1) is 48.0 Å². The van der Waals surface area contributed by atoms with Gasteiger partial charge in [0.15, 0.2) is 0 Å². The number of aromatic nitrogens is 2. The molecule has 0 aliphatic rings. The molecule has 0 bridgehead atoms. The molecule has 0 fully saturated rings. The first-order valence-corrected chi connectivity index (χ1v) is 10.4. The van der Waals surface area contributed by atoms with Gasteiger partial charge in [0.1, 0.15) is 0 Å². The van der Waals surface area contributed by atoms with Crippen molar-refractivity contribution in [1.82, 2.24) is 9.97 Å². The second-order valence-corrected chi connectivity index (χ2v) is 7.33. The van der Waals surface area contributed by atoms with Crippen LogP contribution in [0.3, 0.4) is 0 Å². The van der Waals surface area contributed by atoms with Crippen molar-refractivity contribution in [3.05, 3.63) is 133 Å². The Labute approximate surface area is 211 Å². The van der Waals surface area contributed by atoms with Gasteiger partial charge in [-0.25, -0.2) is 0 Å². The number of pyridine rings is 2. The number of aryl methyl sites for hydroxylation is 1. The van der Waals surface area contributed by atoms with Gasteiger partial charge in [0.25, 0.3) is 0 Å². The van der Waals surface area contributed by atoms with Gasteiger partial charge in [0.2, 0.25) is 0 Å². The molecule has 0 aliphatic heterocycles. The van der Waals surface area contributed by atoms with E-state index in [0.29, 0.717) is 5.69 Å². The Kier molecular flexibility index (Phi) is 8.92. The standard InChI is InChI=1S/C17H12N.C12H8F2N.Ir/c1-3-7-14(8-4-1)16-11-12-18-17(13-16)15-9-5-2-6-10-15;1-8-2-5-12(15-7-8)10-4-3-9(13)6-11(10)14;/h1-9,11-13H;2-3,5-7H,1H3;/q2*-1;. The van der Waals surface area contributed by atoms with Gasteiger partial charge in [0, 0.05) is 44.1 Å². The number of benzene rings is 3. The molecule has 2 aromatic heterocycles. The van der Waals surface area contributed by atoms with Crippen LogP contribution in [-0.2, 0) is 20.1 Å². The molecular weight excluding hydrogens is 607 g/mol. The number of hydrogen-bond acceptors (Lipinski definition) is 2. The molecule has 171 valence electrons. The Morgan fingerprint density at radius 1 is 0.735 bits per heavy atom. The van der Waals surface area contributed by atoms with Crippen LogP contribution >= 0.6 is 0 Å². The quantitative estimate of drug-likeness (QED) is 0.196. The van der Waals surface area contributed by atoms with Gasteiger partial charge in [-0.05, 0) is 41.1 Å². The first kappa shape index (κ1) is 25.1. The summed E-state index contributed by atoms with van der Waals surface area (Å²) in [6.45, 7) is 1.89. The van der Waals surface area contributed by atoms with E-state index in [1.54, 1.807) is 12.3 Å². The fourth-order valence-electron chi connectivity index (χ4n) is 3.20. The van der Waals surface area contributed by atoms with Crippen molar-refractivity contribution in [2.45, 2.75) is 6.92 Å². The molecule has 5 rings (SSSR count). The van der Waals surface area contributed by atoms with Crippen molar-refractivity contribution in [2.75, 3.05) is 0 Å². The maximum Gasteiger partial charge on any atom is 0.0408 e. The third kappa shape index (κ3) is 6.50. The van der Waals surface area contributed by atoms with Crippen LogP contribution in [0.2, 0.25) is 0 Å². The van der Waals surface area contributed by atoms with Crippen LogP contribution in [0, 0.1) is 30.7 Å². The van der Waals surface area contributed by atoms with E-state index >= 15 is 0 Å². The van der Waals surface area contributed by atoms with Crippen LogP contribution in [-0.4, -0.2) is 9.97 Å². The second kappa shape index (κ2) is 12.1. The van der Waals surface area contributed by atoms with Crippen molar-refractivity contribution < 1.29 is 28.9 Å². The van der Waals surface area contributed by atoms with Crippen LogP contribution in [0.5, 0.6) is 0 Å². The Bertz CT molecular complexity index is 1270. The number of nitrogens with zero attached hydrogens (tertiary/aromatic N) is 2. The predicted octanol–water partition coefficient (Wildman–Crippen LogP) is 7.35. The van der Waals surface area contributed by atoms with E-state index in [-0.39, 0.29) is 25.7 Å². The van der Waals surface area contributed by atoms with E-state index in [1.165, 1.54) is 11.1 Å². The van der Waals surface area contributed by atoms with E-state index in [0.717, 1.165) is 29.0 Å². The molecule has 0 unspecified atom stereocenters. The zero-order chi connectivity index (χ0) is 23.0. The van der Waals surface area contributed by atoms with Gasteiger partial charge in [-0.2, -0.15) is 0 Å². The molecule has 3 aromatic carbocycles. The number of rotatable bonds is 3. The topological polar surface area (TPSA) is 25.8 Å². The van der Waals surface area contributed by atoms with Gasteiger partial charge in [-0.3, -0.25) is 8.78 Å². The molecule has 1 radical (unpaired) electrons. The van der Waals surface area contributed by atoms with Crippen molar-refractivity contribution in [3.63, 3.8) is 0 Å². The van der Waals surface area contributed by atoms with E-state index < -0.39 is 11.6 Å². The molecular formula is C29H20F2IrN2-2. The fourth-order valence-corrected chi connectivity index (χ4v) is 3.20. The van der Waals surface area contributed by atoms with Crippen LogP contribution in [0.15, 0.2) is 103 Å². The summed E-state index contributed by atoms with van der Waals surface area (Å²) in [5.41, 5.74) is 6.00. The van der Waals surface area contributed by atoms with Gasteiger partial charge in [-0.1, -0.05) is 60.2 Å². The van der Waals surface area contributed by atoms with E-state index in [2.05, 4.69) is 40.3 Å². The Morgan fingerprint density at radius 2 is 1.53 bits per heavy atom. The Morgan fingerprint density at radius 3 is 2.21 bits per heavy atom. The van der Waals surface area contributed by atoms with Crippen molar-refractivity contribution in [1.29, 1.82) is 0 Å². The normalized spacial score (nSPS) is 9.97. The minimum Gasteiger partial charge on any atom is -0.305 e. The van der Waals surface area contributed by atoms with E-state index in [1.807, 2.05) is 67.7 Å². The van der Waals surface area contributed by atoms with Crippen molar-refractivity contribution >= 4 is 0 Å². The third-order valence-corrected chi connectivity index (χ3v) is 4.88. The number of hydrogen-bond donors (Lipinski definition) is 0. The van der Waals surface area contributed by atoms with Crippen LogP contribution < -0.4 is 0 Å². The second-order valence-electron chi connectivity index (χ2n) is 7.33. The van der Waals surface area contributed by atoms with Crippen LogP contribution in [0.1, 0.15) is 5.56 Å². The van der Waals surface area contributed by atoms with Gasteiger partial charge in [0.05, 0.1) is 0 Å². The van der Waals surface area contributed by atoms with Crippen molar-refractivity contribution in [2.24, 2.45) is 0 Å². The minimum atomic E-state index is -0.647. The Balaban J connectivity index is 0.000000188. The van der Waals surface area contributed by atoms with E-state index in [4.69, 9.17) is 0 Å². The average molecular weight is 627 g/mol. The van der Waals surface area contributed by atoms with E-state index in [9.17, 15) is 8.78 Å². The fraction of sp³-hybridized carbons (Fsp3) is 0.0345. The molecule has 0 saturated carbocycles. The SMILES string of the molecule is Cc1ccc(-c2[c-]cc(F)cc2F)nc1.[Ir].[c-]1ccccc1-c1cc(-c2ccccc2)ccn1. The summed E-state index contributed by atoms with van der Waals surface area (Å²) in [6.07, 6.45) is 3.48. The molecule has 0 N–H and O–H groups in total.